The molecule has 1 amide bonds. The van der Waals surface area contributed by atoms with E-state index >= 15 is 0 Å². The molecule has 8 heteroatoms. The third kappa shape index (κ3) is 4.72. The fourth-order valence-corrected chi connectivity index (χ4v) is 4.99. The summed E-state index contributed by atoms with van der Waals surface area (Å²) >= 11 is 6.74. The second kappa shape index (κ2) is 9.89. The summed E-state index contributed by atoms with van der Waals surface area (Å²) in [7, 11) is 0. The van der Waals surface area contributed by atoms with Gasteiger partial charge in [0.05, 0.1) is 17.2 Å². The van der Waals surface area contributed by atoms with Crippen molar-refractivity contribution in [2.24, 2.45) is 0 Å². The van der Waals surface area contributed by atoms with Crippen LogP contribution in [0.5, 0.6) is 5.75 Å². The number of rotatable bonds is 7. The first-order chi connectivity index (χ1) is 15.9. The maximum Gasteiger partial charge on any atom is 0.266 e. The zero-order chi connectivity index (χ0) is 23.5. The van der Waals surface area contributed by atoms with Crippen LogP contribution < -0.4 is 4.74 Å². The van der Waals surface area contributed by atoms with Crippen LogP contribution in [0.25, 0.3) is 23.0 Å². The number of carbonyl (C=O) groups is 1. The van der Waals surface area contributed by atoms with Crippen molar-refractivity contribution in [3.63, 3.8) is 0 Å². The minimum Gasteiger partial charge on any atom is -0.491 e. The summed E-state index contributed by atoms with van der Waals surface area (Å²) in [5.41, 5.74) is 2.72. The fraction of sp³-hybridized carbons (Fsp3) is 0.240. The van der Waals surface area contributed by atoms with Crippen molar-refractivity contribution >= 4 is 40.3 Å². The van der Waals surface area contributed by atoms with E-state index in [1.807, 2.05) is 57.3 Å². The average molecular weight is 482 g/mol. The number of aromatic nitrogens is 2. The molecule has 1 unspecified atom stereocenters. The summed E-state index contributed by atoms with van der Waals surface area (Å²) in [5.74, 6) is -0.381. The average Bonchev–Trinajstić information content (AvgIpc) is 3.36. The number of thioether (sulfide) groups is 1. The topological polar surface area (TPSA) is 47.4 Å². The molecule has 0 bridgehead atoms. The summed E-state index contributed by atoms with van der Waals surface area (Å²) in [5, 5.41) is 4.72. The lowest BCUT2D eigenvalue weighted by Crippen LogP contribution is -2.36. The van der Waals surface area contributed by atoms with Crippen molar-refractivity contribution in [3.05, 3.63) is 71.0 Å². The molecule has 0 spiro atoms. The molecule has 0 saturated carbocycles. The summed E-state index contributed by atoms with van der Waals surface area (Å²) in [4.78, 5) is 15.2. The lowest BCUT2D eigenvalue weighted by Gasteiger charge is -2.21. The Morgan fingerprint density at radius 2 is 1.97 bits per heavy atom. The summed E-state index contributed by atoms with van der Waals surface area (Å²) in [6.07, 6.45) is 4.44. The quantitative estimate of drug-likeness (QED) is 0.302. The molecular formula is C25H24FN3O2S2. The Balaban J connectivity index is 1.80. The van der Waals surface area contributed by atoms with E-state index in [4.69, 9.17) is 22.1 Å². The molecule has 0 radical (unpaired) electrons. The molecule has 1 aliphatic heterocycles. The standard InChI is InChI=1S/C25H24FN3O2S2/c1-4-16(3)29-24(30)22(33-25(29)32)14-18-15-28(19-9-7-6-8-10-19)27-23(18)17-11-12-21(31-5-2)20(26)13-17/h6-16H,4-5H2,1-3H3. The molecule has 1 aliphatic rings. The SMILES string of the molecule is CCOc1ccc(-c2nn(-c3ccccc3)cc2C=C2SC(=S)N(C(C)CC)C2=O)cc1F. The number of hydrogen-bond donors (Lipinski definition) is 0. The maximum atomic E-state index is 14.6. The first-order valence-corrected chi connectivity index (χ1v) is 12.0. The van der Waals surface area contributed by atoms with E-state index in [1.54, 1.807) is 27.8 Å². The number of amides is 1. The van der Waals surface area contributed by atoms with E-state index in [9.17, 15) is 9.18 Å². The molecule has 33 heavy (non-hydrogen) atoms. The van der Waals surface area contributed by atoms with Crippen LogP contribution in [0, 0.1) is 5.82 Å². The van der Waals surface area contributed by atoms with Gasteiger partial charge in [-0.1, -0.05) is 49.1 Å². The van der Waals surface area contributed by atoms with E-state index in [0.717, 1.165) is 12.1 Å². The number of thiocarbonyl (C=S) groups is 1. The zero-order valence-electron chi connectivity index (χ0n) is 18.6. The van der Waals surface area contributed by atoms with E-state index < -0.39 is 5.82 Å². The van der Waals surface area contributed by atoms with Gasteiger partial charge < -0.3 is 4.74 Å². The van der Waals surface area contributed by atoms with Crippen molar-refractivity contribution < 1.29 is 13.9 Å². The monoisotopic (exact) mass is 481 g/mol. The van der Waals surface area contributed by atoms with Crippen LogP contribution >= 0.6 is 24.0 Å². The fourth-order valence-electron chi connectivity index (χ4n) is 3.53. The summed E-state index contributed by atoms with van der Waals surface area (Å²) < 4.78 is 22.2. The van der Waals surface area contributed by atoms with Gasteiger partial charge in [0.25, 0.3) is 5.91 Å². The number of nitrogens with zero attached hydrogens (tertiary/aromatic N) is 3. The van der Waals surface area contributed by atoms with E-state index in [2.05, 4.69) is 0 Å². The molecule has 1 atom stereocenters. The highest BCUT2D eigenvalue weighted by atomic mass is 32.2. The van der Waals surface area contributed by atoms with Crippen LogP contribution in [0.3, 0.4) is 0 Å². The smallest absolute Gasteiger partial charge is 0.266 e. The van der Waals surface area contributed by atoms with Gasteiger partial charge in [-0.05, 0) is 56.7 Å². The van der Waals surface area contributed by atoms with Gasteiger partial charge >= 0.3 is 0 Å². The first kappa shape index (κ1) is 23.2. The number of hydrogen-bond acceptors (Lipinski definition) is 5. The Hall–Kier alpha value is -2.97. The number of benzene rings is 2. The number of ether oxygens (including phenoxy) is 1. The lowest BCUT2D eigenvalue weighted by atomic mass is 10.1. The minimum absolute atomic E-state index is 0.0233. The Kier molecular flexibility index (Phi) is 6.95. The molecule has 5 nitrogen and oxygen atoms in total. The van der Waals surface area contributed by atoms with Crippen LogP contribution in [0.1, 0.15) is 32.8 Å². The molecule has 1 aromatic heterocycles. The van der Waals surface area contributed by atoms with Gasteiger partial charge in [0.1, 0.15) is 10.0 Å². The minimum atomic E-state index is -0.461. The summed E-state index contributed by atoms with van der Waals surface area (Å²) in [6, 6.07) is 14.4. The highest BCUT2D eigenvalue weighted by Gasteiger charge is 2.35. The van der Waals surface area contributed by atoms with Crippen LogP contribution in [0.2, 0.25) is 0 Å². The van der Waals surface area contributed by atoms with Crippen molar-refractivity contribution in [1.29, 1.82) is 0 Å². The number of para-hydroxylation sites is 1. The molecule has 170 valence electrons. The van der Waals surface area contributed by atoms with Crippen LogP contribution in [0.15, 0.2) is 59.6 Å². The van der Waals surface area contributed by atoms with Gasteiger partial charge in [-0.3, -0.25) is 9.69 Å². The van der Waals surface area contributed by atoms with Gasteiger partial charge in [0.15, 0.2) is 11.6 Å². The predicted molar refractivity (Wildman–Crippen MR) is 135 cm³/mol. The Bertz CT molecular complexity index is 1220. The van der Waals surface area contributed by atoms with Crippen molar-refractivity contribution in [2.75, 3.05) is 6.61 Å². The van der Waals surface area contributed by atoms with Gasteiger partial charge in [-0.2, -0.15) is 5.10 Å². The Labute approximate surface area is 202 Å². The van der Waals surface area contributed by atoms with Crippen LogP contribution in [0.4, 0.5) is 4.39 Å². The molecule has 2 heterocycles. The largest absolute Gasteiger partial charge is 0.491 e. The zero-order valence-corrected chi connectivity index (χ0v) is 20.3. The van der Waals surface area contributed by atoms with Crippen LogP contribution in [-0.4, -0.2) is 37.6 Å². The van der Waals surface area contributed by atoms with Crippen molar-refractivity contribution in [2.45, 2.75) is 33.2 Å². The van der Waals surface area contributed by atoms with Gasteiger partial charge in [0, 0.05) is 23.4 Å². The first-order valence-electron chi connectivity index (χ1n) is 10.8. The van der Waals surface area contributed by atoms with E-state index in [1.165, 1.54) is 17.8 Å². The second-order valence-electron chi connectivity index (χ2n) is 7.60. The third-order valence-electron chi connectivity index (χ3n) is 5.41. The highest BCUT2D eigenvalue weighted by molar-refractivity contribution is 8.26. The van der Waals surface area contributed by atoms with Crippen LogP contribution in [-0.2, 0) is 4.79 Å². The third-order valence-corrected chi connectivity index (χ3v) is 6.74. The Morgan fingerprint density at radius 1 is 1.21 bits per heavy atom. The lowest BCUT2D eigenvalue weighted by molar-refractivity contribution is -0.123. The Morgan fingerprint density at radius 3 is 2.64 bits per heavy atom. The normalized spacial score (nSPS) is 16.0. The number of carbonyl (C=O) groups excluding carboxylic acids is 1. The molecule has 0 N–H and O–H groups in total. The molecular weight excluding hydrogens is 457 g/mol. The predicted octanol–water partition coefficient (Wildman–Crippen LogP) is 6.08. The van der Waals surface area contributed by atoms with Crippen molar-refractivity contribution in [1.82, 2.24) is 14.7 Å². The summed E-state index contributed by atoms with van der Waals surface area (Å²) in [6.45, 7) is 6.19. The highest BCUT2D eigenvalue weighted by Crippen LogP contribution is 2.36. The maximum absolute atomic E-state index is 14.6. The second-order valence-corrected chi connectivity index (χ2v) is 9.28. The molecule has 1 fully saturated rings. The van der Waals surface area contributed by atoms with Gasteiger partial charge in [0.2, 0.25) is 0 Å². The molecule has 2 aromatic carbocycles. The molecule has 1 saturated heterocycles. The molecule has 0 aliphatic carbocycles. The molecule has 3 aromatic rings. The van der Waals surface area contributed by atoms with Gasteiger partial charge in [-0.15, -0.1) is 0 Å². The van der Waals surface area contributed by atoms with E-state index in [0.29, 0.717) is 32.7 Å². The van der Waals surface area contributed by atoms with E-state index in [-0.39, 0.29) is 17.7 Å². The van der Waals surface area contributed by atoms with Gasteiger partial charge in [-0.25, -0.2) is 9.07 Å². The molecule has 4 rings (SSSR count). The van der Waals surface area contributed by atoms with Crippen molar-refractivity contribution in [3.8, 4) is 22.7 Å². The number of halogens is 1.